The first kappa shape index (κ1) is 22.6. The minimum Gasteiger partial charge on any atom is -0.497 e. The molecule has 1 aliphatic rings. The molecule has 0 bridgehead atoms. The topological polar surface area (TPSA) is 96.6 Å². The molecule has 1 N–H and O–H groups in total. The van der Waals surface area contributed by atoms with E-state index in [4.69, 9.17) is 9.26 Å². The summed E-state index contributed by atoms with van der Waals surface area (Å²) >= 11 is 0. The Morgan fingerprint density at radius 3 is 2.48 bits per heavy atom. The van der Waals surface area contributed by atoms with Gasteiger partial charge in [-0.05, 0) is 36.2 Å². The minimum absolute atomic E-state index is 0.0236. The number of aromatic nitrogens is 3. The van der Waals surface area contributed by atoms with Gasteiger partial charge in [-0.3, -0.25) is 0 Å². The van der Waals surface area contributed by atoms with E-state index in [0.717, 1.165) is 42.2 Å². The highest BCUT2D eigenvalue weighted by Crippen LogP contribution is 2.21. The van der Waals surface area contributed by atoms with Gasteiger partial charge in [-0.2, -0.15) is 4.98 Å². The summed E-state index contributed by atoms with van der Waals surface area (Å²) in [5.41, 5.74) is 1.99. The molecule has 0 unspecified atom stereocenters. The lowest BCUT2D eigenvalue weighted by Crippen LogP contribution is -2.52. The number of ether oxygens (including phenoxy) is 1. The predicted octanol–water partition coefficient (Wildman–Crippen LogP) is 3.34. The fourth-order valence-corrected chi connectivity index (χ4v) is 3.65. The van der Waals surface area contributed by atoms with Gasteiger partial charge in [0.15, 0.2) is 0 Å². The molecule has 4 rings (SSSR count). The molecule has 1 fully saturated rings. The molecule has 1 aromatic carbocycles. The molecule has 0 atom stereocenters. The Kier molecular flexibility index (Phi) is 7.07. The number of anilines is 1. The van der Waals surface area contributed by atoms with E-state index >= 15 is 0 Å². The molecule has 2 aromatic heterocycles. The van der Waals surface area contributed by atoms with Gasteiger partial charge in [-0.1, -0.05) is 31.1 Å². The van der Waals surface area contributed by atoms with Crippen molar-refractivity contribution in [2.75, 3.05) is 44.7 Å². The van der Waals surface area contributed by atoms with Crippen molar-refractivity contribution in [3.63, 3.8) is 0 Å². The van der Waals surface area contributed by atoms with Crippen LogP contribution in [0.25, 0.3) is 11.4 Å². The van der Waals surface area contributed by atoms with Crippen LogP contribution < -0.4 is 15.0 Å². The van der Waals surface area contributed by atoms with E-state index in [1.54, 1.807) is 13.3 Å². The minimum atomic E-state index is -0.0236. The molecule has 9 heteroatoms. The molecule has 3 aromatic rings. The normalized spacial score (nSPS) is 13.9. The Morgan fingerprint density at radius 2 is 1.88 bits per heavy atom. The SMILES string of the molecule is COc1ccc(CCNC(=O)N2CCN(c3ccc(-c4noc(C(C)C)n4)cn3)CC2)cc1. The molecule has 0 spiro atoms. The second kappa shape index (κ2) is 10.3. The molecule has 33 heavy (non-hydrogen) atoms. The Bertz CT molecular complexity index is 1040. The van der Waals surface area contributed by atoms with Crippen molar-refractivity contribution >= 4 is 11.8 Å². The number of rotatable bonds is 7. The van der Waals surface area contributed by atoms with Crippen molar-refractivity contribution in [2.45, 2.75) is 26.2 Å². The lowest BCUT2D eigenvalue weighted by atomic mass is 10.1. The number of pyridine rings is 1. The van der Waals surface area contributed by atoms with Gasteiger partial charge < -0.3 is 24.4 Å². The van der Waals surface area contributed by atoms with E-state index in [0.29, 0.717) is 31.3 Å². The van der Waals surface area contributed by atoms with Crippen LogP contribution in [0.2, 0.25) is 0 Å². The second-order valence-electron chi connectivity index (χ2n) is 8.32. The Hall–Kier alpha value is -3.62. The van der Waals surface area contributed by atoms with Gasteiger partial charge in [0.1, 0.15) is 11.6 Å². The first-order valence-corrected chi connectivity index (χ1v) is 11.2. The zero-order valence-corrected chi connectivity index (χ0v) is 19.3. The van der Waals surface area contributed by atoms with Crippen LogP contribution in [-0.2, 0) is 6.42 Å². The molecular formula is C24H30N6O3. The van der Waals surface area contributed by atoms with Crippen LogP contribution in [0.4, 0.5) is 10.6 Å². The van der Waals surface area contributed by atoms with Crippen LogP contribution in [0.1, 0.15) is 31.2 Å². The number of nitrogens with one attached hydrogen (secondary N) is 1. The summed E-state index contributed by atoms with van der Waals surface area (Å²) in [5, 5.41) is 7.05. The molecule has 0 aliphatic carbocycles. The first-order valence-electron chi connectivity index (χ1n) is 11.2. The van der Waals surface area contributed by atoms with E-state index in [-0.39, 0.29) is 11.9 Å². The second-order valence-corrected chi connectivity index (χ2v) is 8.32. The summed E-state index contributed by atoms with van der Waals surface area (Å²) in [7, 11) is 1.65. The quantitative estimate of drug-likeness (QED) is 0.590. The Labute approximate surface area is 193 Å². The van der Waals surface area contributed by atoms with Crippen LogP contribution >= 0.6 is 0 Å². The number of hydrogen-bond donors (Lipinski definition) is 1. The van der Waals surface area contributed by atoms with Gasteiger partial charge in [-0.15, -0.1) is 0 Å². The highest BCUT2D eigenvalue weighted by molar-refractivity contribution is 5.74. The maximum Gasteiger partial charge on any atom is 0.317 e. The number of benzene rings is 1. The van der Waals surface area contributed by atoms with Crippen molar-refractivity contribution in [2.24, 2.45) is 0 Å². The lowest BCUT2D eigenvalue weighted by Gasteiger charge is -2.35. The molecule has 9 nitrogen and oxygen atoms in total. The van der Waals surface area contributed by atoms with Gasteiger partial charge in [0.2, 0.25) is 11.7 Å². The average Bonchev–Trinajstić information content (AvgIpc) is 3.35. The van der Waals surface area contributed by atoms with Crippen molar-refractivity contribution in [1.29, 1.82) is 0 Å². The number of hydrogen-bond acceptors (Lipinski definition) is 7. The van der Waals surface area contributed by atoms with Crippen molar-refractivity contribution in [1.82, 2.24) is 25.3 Å². The molecule has 2 amide bonds. The fraction of sp³-hybridized carbons (Fsp3) is 0.417. The maximum absolute atomic E-state index is 12.5. The van der Waals surface area contributed by atoms with E-state index in [1.165, 1.54) is 0 Å². The Balaban J connectivity index is 1.23. The molecular weight excluding hydrogens is 420 g/mol. The van der Waals surface area contributed by atoms with Crippen LogP contribution in [0.3, 0.4) is 0 Å². The number of carbonyl (C=O) groups excluding carboxylic acids is 1. The van der Waals surface area contributed by atoms with Crippen LogP contribution in [0.5, 0.6) is 5.75 Å². The molecule has 0 radical (unpaired) electrons. The lowest BCUT2D eigenvalue weighted by molar-refractivity contribution is 0.194. The van der Waals surface area contributed by atoms with Gasteiger partial charge >= 0.3 is 6.03 Å². The largest absolute Gasteiger partial charge is 0.497 e. The molecule has 1 saturated heterocycles. The smallest absolute Gasteiger partial charge is 0.317 e. The Morgan fingerprint density at radius 1 is 1.12 bits per heavy atom. The highest BCUT2D eigenvalue weighted by Gasteiger charge is 2.22. The predicted molar refractivity (Wildman–Crippen MR) is 126 cm³/mol. The third kappa shape index (κ3) is 5.60. The van der Waals surface area contributed by atoms with E-state index < -0.39 is 0 Å². The van der Waals surface area contributed by atoms with E-state index in [1.807, 2.05) is 55.1 Å². The van der Waals surface area contributed by atoms with Crippen molar-refractivity contribution in [3.05, 3.63) is 54.0 Å². The van der Waals surface area contributed by atoms with Crippen LogP contribution in [0, 0.1) is 0 Å². The summed E-state index contributed by atoms with van der Waals surface area (Å²) in [6.07, 6.45) is 2.55. The third-order valence-corrected chi connectivity index (χ3v) is 5.68. The van der Waals surface area contributed by atoms with Crippen molar-refractivity contribution in [3.8, 4) is 17.1 Å². The summed E-state index contributed by atoms with van der Waals surface area (Å²) < 4.78 is 10.4. The van der Waals surface area contributed by atoms with Gasteiger partial charge in [-0.25, -0.2) is 9.78 Å². The molecule has 0 saturated carbocycles. The summed E-state index contributed by atoms with van der Waals surface area (Å²) in [5.74, 6) is 3.07. The molecule has 3 heterocycles. The first-order chi connectivity index (χ1) is 16.0. The number of amides is 2. The zero-order valence-electron chi connectivity index (χ0n) is 19.3. The number of carbonyl (C=O) groups is 1. The summed E-state index contributed by atoms with van der Waals surface area (Å²) in [6.45, 7) is 7.40. The van der Waals surface area contributed by atoms with Gasteiger partial charge in [0.25, 0.3) is 0 Å². The maximum atomic E-state index is 12.5. The summed E-state index contributed by atoms with van der Waals surface area (Å²) in [6, 6.07) is 11.8. The average molecular weight is 451 g/mol. The molecule has 1 aliphatic heterocycles. The summed E-state index contributed by atoms with van der Waals surface area (Å²) in [4.78, 5) is 25.5. The van der Waals surface area contributed by atoms with Gasteiger partial charge in [0.05, 0.1) is 7.11 Å². The number of nitrogens with zero attached hydrogens (tertiary/aromatic N) is 5. The highest BCUT2D eigenvalue weighted by atomic mass is 16.5. The van der Waals surface area contributed by atoms with Crippen LogP contribution in [0.15, 0.2) is 47.1 Å². The van der Waals surface area contributed by atoms with E-state index in [9.17, 15) is 4.79 Å². The van der Waals surface area contributed by atoms with Crippen molar-refractivity contribution < 1.29 is 14.1 Å². The van der Waals surface area contributed by atoms with Gasteiger partial charge in [0, 0.05) is 50.4 Å². The monoisotopic (exact) mass is 450 g/mol. The van der Waals surface area contributed by atoms with E-state index in [2.05, 4.69) is 25.3 Å². The number of urea groups is 1. The fourth-order valence-electron chi connectivity index (χ4n) is 3.65. The third-order valence-electron chi connectivity index (χ3n) is 5.68. The standard InChI is InChI=1S/C24H30N6O3/c1-17(2)23-27-22(28-33-23)19-6-9-21(26-16-19)29-12-14-30(15-13-29)24(31)25-11-10-18-4-7-20(32-3)8-5-18/h4-9,16-17H,10-15H2,1-3H3,(H,25,31). The number of methoxy groups -OCH3 is 1. The van der Waals surface area contributed by atoms with Crippen LogP contribution in [-0.4, -0.2) is 65.9 Å². The molecule has 174 valence electrons. The zero-order chi connectivity index (χ0) is 23.2. The number of piperazine rings is 1.